The highest BCUT2D eigenvalue weighted by Gasteiger charge is 2.53. The second-order valence-corrected chi connectivity index (χ2v) is 4.11. The lowest BCUT2D eigenvalue weighted by atomic mass is 9.53. The van der Waals surface area contributed by atoms with Crippen LogP contribution in [-0.4, -0.2) is 16.9 Å². The van der Waals surface area contributed by atoms with Crippen molar-refractivity contribution in [3.8, 4) is 0 Å². The average Bonchev–Trinajstić information content (AvgIpc) is 1.83. The minimum absolute atomic E-state index is 0.0569. The molecule has 1 aliphatic rings. The summed E-state index contributed by atoms with van der Waals surface area (Å²) in [7, 11) is 0. The highest BCUT2D eigenvalue weighted by Crippen LogP contribution is 2.51. The molecule has 0 saturated heterocycles. The minimum atomic E-state index is -0.780. The maximum atomic E-state index is 11.0. The molecule has 1 N–H and O–H groups in total. The van der Waals surface area contributed by atoms with Crippen LogP contribution >= 0.6 is 0 Å². The van der Waals surface area contributed by atoms with Crippen LogP contribution in [0.25, 0.3) is 0 Å². The van der Waals surface area contributed by atoms with Gasteiger partial charge in [0.1, 0.15) is 5.78 Å². The first kappa shape index (κ1) is 9.23. The number of carbonyl (C=O) groups is 2. The SMILES string of the molecule is CC(=O)C1C[C@H](C(=O)O)C1(C)C. The van der Waals surface area contributed by atoms with Gasteiger partial charge in [-0.3, -0.25) is 9.59 Å². The molecule has 0 amide bonds. The summed E-state index contributed by atoms with van der Waals surface area (Å²) in [5.41, 5.74) is -0.350. The van der Waals surface area contributed by atoms with Gasteiger partial charge in [0.05, 0.1) is 5.92 Å². The van der Waals surface area contributed by atoms with Gasteiger partial charge in [0.2, 0.25) is 0 Å². The molecule has 0 aromatic heterocycles. The van der Waals surface area contributed by atoms with Gasteiger partial charge in [-0.25, -0.2) is 0 Å². The molecular weight excluding hydrogens is 156 g/mol. The van der Waals surface area contributed by atoms with Crippen molar-refractivity contribution in [2.45, 2.75) is 27.2 Å². The zero-order chi connectivity index (χ0) is 9.52. The van der Waals surface area contributed by atoms with Gasteiger partial charge in [-0.15, -0.1) is 0 Å². The summed E-state index contributed by atoms with van der Waals surface area (Å²) in [5, 5.41) is 8.76. The van der Waals surface area contributed by atoms with E-state index in [-0.39, 0.29) is 23.0 Å². The predicted molar refractivity (Wildman–Crippen MR) is 43.7 cm³/mol. The number of ketones is 1. The Morgan fingerprint density at radius 3 is 2.08 bits per heavy atom. The van der Waals surface area contributed by atoms with Gasteiger partial charge >= 0.3 is 5.97 Å². The summed E-state index contributed by atoms with van der Waals surface area (Å²) < 4.78 is 0. The molecule has 68 valence electrons. The van der Waals surface area contributed by atoms with E-state index in [1.165, 1.54) is 6.92 Å². The fourth-order valence-corrected chi connectivity index (χ4v) is 2.03. The predicted octanol–water partition coefficient (Wildman–Crippen LogP) is 1.32. The molecule has 1 fully saturated rings. The molecule has 0 aromatic carbocycles. The third-order valence-electron chi connectivity index (χ3n) is 3.06. The van der Waals surface area contributed by atoms with Crippen LogP contribution in [-0.2, 0) is 9.59 Å². The van der Waals surface area contributed by atoms with E-state index < -0.39 is 5.97 Å². The Kier molecular flexibility index (Phi) is 1.98. The zero-order valence-electron chi connectivity index (χ0n) is 7.63. The Morgan fingerprint density at radius 1 is 1.33 bits per heavy atom. The van der Waals surface area contributed by atoms with E-state index >= 15 is 0 Å². The average molecular weight is 170 g/mol. The van der Waals surface area contributed by atoms with Gasteiger partial charge in [0.15, 0.2) is 0 Å². The molecule has 12 heavy (non-hydrogen) atoms. The Hall–Kier alpha value is -0.860. The lowest BCUT2D eigenvalue weighted by Gasteiger charge is -2.48. The number of carbonyl (C=O) groups excluding carboxylic acids is 1. The van der Waals surface area contributed by atoms with Crippen LogP contribution in [0.4, 0.5) is 0 Å². The Bertz CT molecular complexity index is 208. The molecule has 1 rings (SSSR count). The number of rotatable bonds is 2. The van der Waals surface area contributed by atoms with Crippen LogP contribution in [0.15, 0.2) is 0 Å². The Labute approximate surface area is 71.8 Å². The first-order valence-corrected chi connectivity index (χ1v) is 4.10. The summed E-state index contributed by atoms with van der Waals surface area (Å²) in [4.78, 5) is 21.7. The molecule has 3 nitrogen and oxygen atoms in total. The summed E-state index contributed by atoms with van der Waals surface area (Å²) in [6, 6.07) is 0. The monoisotopic (exact) mass is 170 g/mol. The summed E-state index contributed by atoms with van der Waals surface area (Å²) in [5.74, 6) is -1.07. The van der Waals surface area contributed by atoms with E-state index in [4.69, 9.17) is 5.11 Å². The van der Waals surface area contributed by atoms with Crippen LogP contribution in [0.5, 0.6) is 0 Å². The molecule has 0 aliphatic heterocycles. The van der Waals surface area contributed by atoms with E-state index in [2.05, 4.69) is 0 Å². The fourth-order valence-electron chi connectivity index (χ4n) is 2.03. The first-order valence-electron chi connectivity index (χ1n) is 4.10. The van der Waals surface area contributed by atoms with Gasteiger partial charge in [-0.2, -0.15) is 0 Å². The number of carboxylic acid groups (broad SMARTS) is 1. The van der Waals surface area contributed by atoms with Crippen LogP contribution in [0, 0.1) is 17.3 Å². The van der Waals surface area contributed by atoms with Gasteiger partial charge in [0.25, 0.3) is 0 Å². The topological polar surface area (TPSA) is 54.4 Å². The van der Waals surface area contributed by atoms with Gasteiger partial charge in [0, 0.05) is 5.92 Å². The molecule has 1 aliphatic carbocycles. The summed E-state index contributed by atoms with van der Waals surface area (Å²) >= 11 is 0. The summed E-state index contributed by atoms with van der Waals surface area (Å²) in [6.07, 6.45) is 0.512. The Balaban J connectivity index is 2.72. The van der Waals surface area contributed by atoms with Crippen molar-refractivity contribution in [3.63, 3.8) is 0 Å². The highest BCUT2D eigenvalue weighted by atomic mass is 16.4. The molecule has 0 aromatic rings. The quantitative estimate of drug-likeness (QED) is 0.680. The van der Waals surface area contributed by atoms with E-state index in [0.29, 0.717) is 6.42 Å². The molecule has 0 spiro atoms. The molecule has 0 radical (unpaired) electrons. The van der Waals surface area contributed by atoms with Crippen LogP contribution in [0.1, 0.15) is 27.2 Å². The van der Waals surface area contributed by atoms with Crippen molar-refractivity contribution in [1.82, 2.24) is 0 Å². The number of Topliss-reactive ketones (excluding diaryl/α,β-unsaturated/α-hetero) is 1. The third-order valence-corrected chi connectivity index (χ3v) is 3.06. The molecular formula is C9H14O3. The summed E-state index contributed by atoms with van der Waals surface area (Å²) in [6.45, 7) is 5.23. The van der Waals surface area contributed by atoms with Crippen molar-refractivity contribution in [1.29, 1.82) is 0 Å². The first-order chi connectivity index (χ1) is 5.37. The Morgan fingerprint density at radius 2 is 1.83 bits per heavy atom. The minimum Gasteiger partial charge on any atom is -0.481 e. The highest BCUT2D eigenvalue weighted by molar-refractivity contribution is 5.84. The van der Waals surface area contributed by atoms with Gasteiger partial charge < -0.3 is 5.11 Å². The maximum absolute atomic E-state index is 11.0. The normalized spacial score (nSPS) is 32.2. The zero-order valence-corrected chi connectivity index (χ0v) is 7.63. The van der Waals surface area contributed by atoms with Gasteiger partial charge in [-0.1, -0.05) is 13.8 Å². The van der Waals surface area contributed by atoms with Crippen molar-refractivity contribution in [3.05, 3.63) is 0 Å². The fraction of sp³-hybridized carbons (Fsp3) is 0.778. The number of hydrogen-bond acceptors (Lipinski definition) is 2. The van der Waals surface area contributed by atoms with Gasteiger partial charge in [-0.05, 0) is 18.8 Å². The van der Waals surface area contributed by atoms with Crippen LogP contribution < -0.4 is 0 Å². The molecule has 2 atom stereocenters. The molecule has 1 unspecified atom stereocenters. The number of carboxylic acids is 1. The number of hydrogen-bond donors (Lipinski definition) is 1. The lowest BCUT2D eigenvalue weighted by molar-refractivity contribution is -0.162. The van der Waals surface area contributed by atoms with Crippen LogP contribution in [0.2, 0.25) is 0 Å². The third kappa shape index (κ3) is 1.13. The number of aliphatic carboxylic acids is 1. The maximum Gasteiger partial charge on any atom is 0.307 e. The standard InChI is InChI=1S/C9H14O3/c1-5(10)6-4-7(8(11)12)9(6,2)3/h6-7H,4H2,1-3H3,(H,11,12)/t6?,7-/m1/s1. The smallest absolute Gasteiger partial charge is 0.307 e. The second-order valence-electron chi connectivity index (χ2n) is 4.11. The van der Waals surface area contributed by atoms with Crippen molar-refractivity contribution >= 4 is 11.8 Å². The molecule has 1 saturated carbocycles. The van der Waals surface area contributed by atoms with Crippen molar-refractivity contribution in [2.75, 3.05) is 0 Å². The lowest BCUT2D eigenvalue weighted by Crippen LogP contribution is -2.51. The van der Waals surface area contributed by atoms with E-state index in [0.717, 1.165) is 0 Å². The second kappa shape index (κ2) is 2.57. The van der Waals surface area contributed by atoms with Crippen LogP contribution in [0.3, 0.4) is 0 Å². The van der Waals surface area contributed by atoms with E-state index in [9.17, 15) is 9.59 Å². The van der Waals surface area contributed by atoms with Crippen molar-refractivity contribution < 1.29 is 14.7 Å². The molecule has 3 heteroatoms. The van der Waals surface area contributed by atoms with E-state index in [1.807, 2.05) is 13.8 Å². The largest absolute Gasteiger partial charge is 0.481 e. The van der Waals surface area contributed by atoms with Crippen molar-refractivity contribution in [2.24, 2.45) is 17.3 Å². The molecule has 0 heterocycles. The van der Waals surface area contributed by atoms with E-state index in [1.54, 1.807) is 0 Å². The molecule has 0 bridgehead atoms.